The number of fused-ring (bicyclic) bond motifs is 1. The van der Waals surface area contributed by atoms with Gasteiger partial charge in [0.25, 0.3) is 5.91 Å². The first-order valence-corrected chi connectivity index (χ1v) is 8.02. The van der Waals surface area contributed by atoms with E-state index in [1.165, 1.54) is 6.07 Å². The summed E-state index contributed by atoms with van der Waals surface area (Å²) in [5, 5.41) is 13.0. The largest absolute Gasteiger partial charge is 0.477 e. The minimum atomic E-state index is -0.729. The van der Waals surface area contributed by atoms with Gasteiger partial charge in [0.2, 0.25) is 0 Å². The average Bonchev–Trinajstić information content (AvgIpc) is 3.01. The molecule has 3 atom stereocenters. The van der Waals surface area contributed by atoms with Gasteiger partial charge in [0.1, 0.15) is 0 Å². The molecule has 0 fully saturated rings. The summed E-state index contributed by atoms with van der Waals surface area (Å²) in [7, 11) is 0. The Kier molecular flexibility index (Phi) is 4.81. The van der Waals surface area contributed by atoms with Gasteiger partial charge in [-0.2, -0.15) is 0 Å². The molecule has 1 amide bonds. The normalized spacial score (nSPS) is 18.4. The Morgan fingerprint density at radius 1 is 1.29 bits per heavy atom. The van der Waals surface area contributed by atoms with Crippen LogP contribution in [0.5, 0.6) is 5.75 Å². The lowest BCUT2D eigenvalue weighted by Gasteiger charge is -2.20. The highest BCUT2D eigenvalue weighted by atomic mass is 19.1. The van der Waals surface area contributed by atoms with E-state index in [0.717, 1.165) is 5.56 Å². The van der Waals surface area contributed by atoms with Gasteiger partial charge in [-0.3, -0.25) is 4.79 Å². The highest BCUT2D eigenvalue weighted by Crippen LogP contribution is 2.31. The predicted molar refractivity (Wildman–Crippen MR) is 88.1 cm³/mol. The highest BCUT2D eigenvalue weighted by Gasteiger charge is 2.31. The predicted octanol–water partition coefficient (Wildman–Crippen LogP) is 2.76. The van der Waals surface area contributed by atoms with Crippen molar-refractivity contribution in [2.45, 2.75) is 38.0 Å². The molecule has 2 aromatic rings. The van der Waals surface area contributed by atoms with Crippen LogP contribution >= 0.6 is 0 Å². The number of aliphatic hydroxyl groups excluding tert-OH is 1. The van der Waals surface area contributed by atoms with Crippen molar-refractivity contribution in [3.63, 3.8) is 0 Å². The van der Waals surface area contributed by atoms with Gasteiger partial charge in [-0.1, -0.05) is 42.5 Å². The third kappa shape index (κ3) is 3.57. The number of amides is 1. The molecule has 0 bridgehead atoms. The van der Waals surface area contributed by atoms with Crippen molar-refractivity contribution in [3.8, 4) is 5.75 Å². The van der Waals surface area contributed by atoms with Crippen LogP contribution in [0.4, 0.5) is 4.39 Å². The molecule has 126 valence electrons. The lowest BCUT2D eigenvalue weighted by atomic mass is 10.0. The number of hydrogen-bond acceptors (Lipinski definition) is 3. The molecule has 1 aliphatic rings. The van der Waals surface area contributed by atoms with Crippen molar-refractivity contribution >= 4 is 5.91 Å². The molecule has 0 radical (unpaired) electrons. The number of benzene rings is 2. The average molecular weight is 329 g/mol. The number of halogens is 1. The summed E-state index contributed by atoms with van der Waals surface area (Å²) in [5.74, 6) is -0.580. The Morgan fingerprint density at radius 3 is 2.75 bits per heavy atom. The molecule has 24 heavy (non-hydrogen) atoms. The molecule has 5 heteroatoms. The number of rotatable bonds is 5. The third-order valence-electron chi connectivity index (χ3n) is 4.16. The van der Waals surface area contributed by atoms with Crippen molar-refractivity contribution in [2.24, 2.45) is 0 Å². The Bertz CT molecular complexity index is 720. The number of hydrogen-bond donors (Lipinski definition) is 2. The molecule has 1 aliphatic heterocycles. The molecule has 2 aromatic carbocycles. The van der Waals surface area contributed by atoms with Gasteiger partial charge in [0.15, 0.2) is 17.7 Å². The summed E-state index contributed by atoms with van der Waals surface area (Å²) in [4.78, 5) is 12.3. The van der Waals surface area contributed by atoms with Crippen molar-refractivity contribution in [1.29, 1.82) is 0 Å². The standard InChI is InChI=1S/C19H20FNO3/c1-12(10-16(22)13-6-3-2-4-7-13)21-19(23)17-11-14-8-5-9-15(20)18(14)24-17/h2-9,12,16-17,22H,10-11H2,1H3,(H,21,23). The molecule has 0 spiro atoms. The zero-order chi connectivity index (χ0) is 17.1. The highest BCUT2D eigenvalue weighted by molar-refractivity contribution is 5.82. The van der Waals surface area contributed by atoms with Crippen molar-refractivity contribution in [3.05, 3.63) is 65.5 Å². The molecular formula is C19H20FNO3. The van der Waals surface area contributed by atoms with Crippen LogP contribution in [0.3, 0.4) is 0 Å². The second kappa shape index (κ2) is 7.01. The van der Waals surface area contributed by atoms with E-state index < -0.39 is 18.0 Å². The van der Waals surface area contributed by atoms with Crippen LogP contribution in [0, 0.1) is 5.82 Å². The van der Waals surface area contributed by atoms with Gasteiger partial charge in [0.05, 0.1) is 6.10 Å². The van der Waals surface area contributed by atoms with Crippen molar-refractivity contribution in [2.75, 3.05) is 0 Å². The Balaban J connectivity index is 1.55. The van der Waals surface area contributed by atoms with E-state index in [9.17, 15) is 14.3 Å². The van der Waals surface area contributed by atoms with Gasteiger partial charge in [-0.25, -0.2) is 4.39 Å². The maximum Gasteiger partial charge on any atom is 0.261 e. The fraction of sp³-hybridized carbons (Fsp3) is 0.316. The monoisotopic (exact) mass is 329 g/mol. The molecule has 3 unspecified atom stereocenters. The fourth-order valence-electron chi connectivity index (χ4n) is 2.92. The number of carbonyl (C=O) groups is 1. The Morgan fingerprint density at radius 2 is 2.04 bits per heavy atom. The number of carbonyl (C=O) groups excluding carboxylic acids is 1. The van der Waals surface area contributed by atoms with Gasteiger partial charge < -0.3 is 15.2 Å². The number of para-hydroxylation sites is 1. The van der Waals surface area contributed by atoms with E-state index in [1.54, 1.807) is 12.1 Å². The van der Waals surface area contributed by atoms with E-state index in [0.29, 0.717) is 18.4 Å². The van der Waals surface area contributed by atoms with Crippen molar-refractivity contribution < 1.29 is 19.0 Å². The minimum absolute atomic E-state index is 0.162. The van der Waals surface area contributed by atoms with Gasteiger partial charge in [0, 0.05) is 18.0 Å². The van der Waals surface area contributed by atoms with Crippen LogP contribution < -0.4 is 10.1 Å². The molecule has 4 nitrogen and oxygen atoms in total. The van der Waals surface area contributed by atoms with Crippen LogP contribution in [0.2, 0.25) is 0 Å². The van der Waals surface area contributed by atoms with Crippen LogP contribution in [0.25, 0.3) is 0 Å². The lowest BCUT2D eigenvalue weighted by Crippen LogP contribution is -2.42. The Hall–Kier alpha value is -2.40. The lowest BCUT2D eigenvalue weighted by molar-refractivity contribution is -0.128. The van der Waals surface area contributed by atoms with Crippen molar-refractivity contribution in [1.82, 2.24) is 5.32 Å². The smallest absolute Gasteiger partial charge is 0.261 e. The number of aliphatic hydroxyl groups is 1. The van der Waals surface area contributed by atoms with Crippen LogP contribution in [0.15, 0.2) is 48.5 Å². The topological polar surface area (TPSA) is 58.6 Å². The van der Waals surface area contributed by atoms with Crippen LogP contribution in [0.1, 0.15) is 30.6 Å². The summed E-state index contributed by atoms with van der Waals surface area (Å²) in [6.45, 7) is 1.83. The van der Waals surface area contributed by atoms with E-state index in [1.807, 2.05) is 37.3 Å². The number of nitrogens with one attached hydrogen (secondary N) is 1. The molecule has 2 N–H and O–H groups in total. The maximum atomic E-state index is 13.7. The number of ether oxygens (including phenoxy) is 1. The van der Waals surface area contributed by atoms with Crippen LogP contribution in [-0.4, -0.2) is 23.2 Å². The molecule has 1 heterocycles. The first kappa shape index (κ1) is 16.5. The van der Waals surface area contributed by atoms with Gasteiger partial charge >= 0.3 is 0 Å². The zero-order valence-corrected chi connectivity index (χ0v) is 13.4. The molecule has 0 saturated carbocycles. The quantitative estimate of drug-likeness (QED) is 0.887. The van der Waals surface area contributed by atoms with E-state index in [2.05, 4.69) is 5.32 Å². The third-order valence-corrected chi connectivity index (χ3v) is 4.16. The summed E-state index contributed by atoms with van der Waals surface area (Å²) < 4.78 is 19.1. The van der Waals surface area contributed by atoms with E-state index in [4.69, 9.17) is 4.74 Å². The molecule has 0 saturated heterocycles. The Labute approximate surface area is 140 Å². The van der Waals surface area contributed by atoms with E-state index in [-0.39, 0.29) is 17.7 Å². The first-order valence-electron chi connectivity index (χ1n) is 8.02. The molecule has 3 rings (SSSR count). The summed E-state index contributed by atoms with van der Waals surface area (Å²) in [6.07, 6.45) is -0.634. The van der Waals surface area contributed by atoms with Gasteiger partial charge in [-0.15, -0.1) is 0 Å². The zero-order valence-electron chi connectivity index (χ0n) is 13.4. The van der Waals surface area contributed by atoms with E-state index >= 15 is 0 Å². The molecular weight excluding hydrogens is 309 g/mol. The second-order valence-electron chi connectivity index (χ2n) is 6.11. The molecule has 0 aromatic heterocycles. The van der Waals surface area contributed by atoms with Crippen LogP contribution in [-0.2, 0) is 11.2 Å². The minimum Gasteiger partial charge on any atom is -0.477 e. The summed E-state index contributed by atoms with van der Waals surface area (Å²) in [5.41, 5.74) is 1.51. The summed E-state index contributed by atoms with van der Waals surface area (Å²) >= 11 is 0. The first-order chi connectivity index (χ1) is 11.5. The summed E-state index contributed by atoms with van der Waals surface area (Å²) in [6, 6.07) is 13.8. The van der Waals surface area contributed by atoms with Gasteiger partial charge in [-0.05, 0) is 25.0 Å². The SMILES string of the molecule is CC(CC(O)c1ccccc1)NC(=O)C1Cc2cccc(F)c2O1. The second-order valence-corrected chi connectivity index (χ2v) is 6.11. The fourth-order valence-corrected chi connectivity index (χ4v) is 2.92. The maximum absolute atomic E-state index is 13.7. The molecule has 0 aliphatic carbocycles.